The molecule has 4 aliphatic rings. The van der Waals surface area contributed by atoms with Crippen molar-refractivity contribution in [3.05, 3.63) is 24.3 Å². The third kappa shape index (κ3) is 1.42. The maximum Gasteiger partial charge on any atom is 0.0861 e. The van der Waals surface area contributed by atoms with Gasteiger partial charge in [0.1, 0.15) is 0 Å². The normalized spacial score (nSPS) is 34.1. The zero-order valence-electron chi connectivity index (χ0n) is 9.89. The van der Waals surface area contributed by atoms with Gasteiger partial charge in [-0.25, -0.2) is 0 Å². The van der Waals surface area contributed by atoms with E-state index in [4.69, 9.17) is 4.99 Å². The fourth-order valence-corrected chi connectivity index (χ4v) is 3.43. The van der Waals surface area contributed by atoms with Gasteiger partial charge in [0.2, 0.25) is 0 Å². The van der Waals surface area contributed by atoms with E-state index < -0.39 is 0 Å². The third-order valence-corrected chi connectivity index (χ3v) is 4.37. The highest BCUT2D eigenvalue weighted by molar-refractivity contribution is 5.97. The van der Waals surface area contributed by atoms with E-state index in [1.54, 1.807) is 0 Å². The van der Waals surface area contributed by atoms with Gasteiger partial charge >= 0.3 is 0 Å². The Labute approximate surface area is 102 Å². The van der Waals surface area contributed by atoms with E-state index in [0.29, 0.717) is 6.04 Å². The summed E-state index contributed by atoms with van der Waals surface area (Å²) in [4.78, 5) is 7.55. The Bertz CT molecular complexity index is 472. The van der Waals surface area contributed by atoms with Crippen molar-refractivity contribution in [1.29, 1.82) is 0 Å². The topological polar surface area (TPSA) is 27.6 Å². The number of anilines is 1. The van der Waals surface area contributed by atoms with E-state index in [1.165, 1.54) is 37.3 Å². The number of rotatable bonds is 0. The van der Waals surface area contributed by atoms with Gasteiger partial charge in [0.25, 0.3) is 0 Å². The van der Waals surface area contributed by atoms with Gasteiger partial charge in [-0.2, -0.15) is 0 Å². The van der Waals surface area contributed by atoms with Crippen LogP contribution in [0.15, 0.2) is 29.3 Å². The number of fused-ring (bicyclic) bond motifs is 3. The highest BCUT2D eigenvalue weighted by Crippen LogP contribution is 2.36. The standard InChI is InChI=1S/C14H17N3/c1-2-4-12-11(3-1)15-9-13-14(16-12)10-5-7-17(13)8-6-10/h1-4,10,13,15H,5-9H2. The van der Waals surface area contributed by atoms with Gasteiger partial charge in [0.05, 0.1) is 17.4 Å². The van der Waals surface area contributed by atoms with Gasteiger partial charge < -0.3 is 5.32 Å². The molecule has 0 radical (unpaired) electrons. The van der Waals surface area contributed by atoms with Gasteiger partial charge in [-0.05, 0) is 38.1 Å². The number of hydrogen-bond acceptors (Lipinski definition) is 3. The summed E-state index contributed by atoms with van der Waals surface area (Å²) in [5.74, 6) is 0.734. The molecule has 3 nitrogen and oxygen atoms in total. The molecule has 17 heavy (non-hydrogen) atoms. The lowest BCUT2D eigenvalue weighted by Gasteiger charge is -2.45. The second-order valence-corrected chi connectivity index (χ2v) is 5.26. The van der Waals surface area contributed by atoms with Crippen LogP contribution in [0.25, 0.3) is 0 Å². The Kier molecular flexibility index (Phi) is 2.03. The second kappa shape index (κ2) is 3.57. The summed E-state index contributed by atoms with van der Waals surface area (Å²) in [7, 11) is 0. The van der Waals surface area contributed by atoms with Crippen LogP contribution >= 0.6 is 0 Å². The first kappa shape index (κ1) is 9.66. The van der Waals surface area contributed by atoms with Crippen molar-refractivity contribution < 1.29 is 0 Å². The Balaban J connectivity index is 1.81. The molecule has 0 saturated carbocycles. The van der Waals surface area contributed by atoms with E-state index in [0.717, 1.165) is 18.2 Å². The number of hydrogen-bond donors (Lipinski definition) is 1. The molecule has 0 aromatic heterocycles. The maximum atomic E-state index is 4.96. The molecule has 1 unspecified atom stereocenters. The first-order valence-corrected chi connectivity index (χ1v) is 6.57. The second-order valence-electron chi connectivity index (χ2n) is 5.26. The van der Waals surface area contributed by atoms with Gasteiger partial charge in [-0.3, -0.25) is 9.89 Å². The van der Waals surface area contributed by atoms with Crippen molar-refractivity contribution in [3.8, 4) is 0 Å². The number of nitrogens with one attached hydrogen (secondary N) is 1. The van der Waals surface area contributed by atoms with Crippen molar-refractivity contribution in [3.63, 3.8) is 0 Å². The molecule has 0 aliphatic carbocycles. The Hall–Kier alpha value is -1.35. The summed E-state index contributed by atoms with van der Waals surface area (Å²) in [5.41, 5.74) is 3.74. The largest absolute Gasteiger partial charge is 0.381 e. The molecule has 88 valence electrons. The molecule has 1 N–H and O–H groups in total. The predicted molar refractivity (Wildman–Crippen MR) is 70.1 cm³/mol. The van der Waals surface area contributed by atoms with Crippen LogP contribution in [0.3, 0.4) is 0 Å². The van der Waals surface area contributed by atoms with Crippen LogP contribution in [-0.4, -0.2) is 36.3 Å². The van der Waals surface area contributed by atoms with E-state index in [9.17, 15) is 0 Å². The molecule has 1 aromatic rings. The van der Waals surface area contributed by atoms with Gasteiger partial charge in [-0.15, -0.1) is 0 Å². The van der Waals surface area contributed by atoms with Crippen LogP contribution < -0.4 is 5.32 Å². The van der Waals surface area contributed by atoms with Crippen LogP contribution in [0.5, 0.6) is 0 Å². The highest BCUT2D eigenvalue weighted by atomic mass is 15.2. The van der Waals surface area contributed by atoms with Crippen molar-refractivity contribution in [2.24, 2.45) is 10.9 Å². The molecule has 1 aromatic carbocycles. The van der Waals surface area contributed by atoms with Gasteiger partial charge in [-0.1, -0.05) is 12.1 Å². The predicted octanol–water partition coefficient (Wildman–Crippen LogP) is 2.28. The quantitative estimate of drug-likeness (QED) is 0.736. The first-order chi connectivity index (χ1) is 8.42. The molecular weight excluding hydrogens is 210 g/mol. The maximum absolute atomic E-state index is 4.96. The molecule has 3 heteroatoms. The summed E-state index contributed by atoms with van der Waals surface area (Å²) < 4.78 is 0. The smallest absolute Gasteiger partial charge is 0.0861 e. The fraction of sp³-hybridized carbons (Fsp3) is 0.500. The minimum absolute atomic E-state index is 0.537. The zero-order chi connectivity index (χ0) is 11.2. The van der Waals surface area contributed by atoms with E-state index >= 15 is 0 Å². The summed E-state index contributed by atoms with van der Waals surface area (Å²) in [6.45, 7) is 3.53. The number of piperidine rings is 3. The Morgan fingerprint density at radius 3 is 2.88 bits per heavy atom. The molecule has 3 fully saturated rings. The van der Waals surface area contributed by atoms with Crippen LogP contribution in [0.4, 0.5) is 11.4 Å². The van der Waals surface area contributed by atoms with Crippen molar-refractivity contribution in [2.45, 2.75) is 18.9 Å². The molecule has 5 rings (SSSR count). The minimum Gasteiger partial charge on any atom is -0.381 e. The number of aliphatic imine (C=N–C) groups is 1. The summed E-state index contributed by atoms with van der Waals surface area (Å²) in [5, 5.41) is 3.55. The number of nitrogens with zero attached hydrogens (tertiary/aromatic N) is 2. The lowest BCUT2D eigenvalue weighted by Crippen LogP contribution is -2.57. The molecule has 0 amide bonds. The van der Waals surface area contributed by atoms with E-state index in [2.05, 4.69) is 34.5 Å². The lowest BCUT2D eigenvalue weighted by molar-refractivity contribution is 0.152. The fourth-order valence-electron chi connectivity index (χ4n) is 3.43. The molecule has 0 spiro atoms. The molecule has 3 saturated heterocycles. The molecule has 4 aliphatic heterocycles. The Morgan fingerprint density at radius 1 is 1.18 bits per heavy atom. The third-order valence-electron chi connectivity index (χ3n) is 4.37. The summed E-state index contributed by atoms with van der Waals surface area (Å²) in [6, 6.07) is 8.95. The average molecular weight is 227 g/mol. The van der Waals surface area contributed by atoms with Crippen LogP contribution in [-0.2, 0) is 0 Å². The monoisotopic (exact) mass is 227 g/mol. The number of benzene rings is 1. The first-order valence-electron chi connectivity index (χ1n) is 6.57. The van der Waals surface area contributed by atoms with Crippen LogP contribution in [0.1, 0.15) is 12.8 Å². The van der Waals surface area contributed by atoms with Crippen LogP contribution in [0, 0.1) is 5.92 Å². The molecular formula is C14H17N3. The number of para-hydroxylation sites is 2. The van der Waals surface area contributed by atoms with Gasteiger partial charge in [0, 0.05) is 18.2 Å². The van der Waals surface area contributed by atoms with Crippen molar-refractivity contribution >= 4 is 17.1 Å². The Morgan fingerprint density at radius 2 is 2.00 bits per heavy atom. The minimum atomic E-state index is 0.537. The summed E-state index contributed by atoms with van der Waals surface area (Å²) >= 11 is 0. The van der Waals surface area contributed by atoms with E-state index in [1.807, 2.05) is 0 Å². The zero-order valence-corrected chi connectivity index (χ0v) is 9.89. The molecule has 1 atom stereocenters. The van der Waals surface area contributed by atoms with Crippen molar-refractivity contribution in [2.75, 3.05) is 25.0 Å². The summed E-state index contributed by atoms with van der Waals surface area (Å²) in [6.07, 6.45) is 2.61. The van der Waals surface area contributed by atoms with Gasteiger partial charge in [0.15, 0.2) is 0 Å². The SMILES string of the molecule is c1ccc2c(c1)N=C1C3CCN(CC3)C1CN2. The van der Waals surface area contributed by atoms with Crippen molar-refractivity contribution in [1.82, 2.24) is 4.90 Å². The lowest BCUT2D eigenvalue weighted by atomic mass is 9.81. The van der Waals surface area contributed by atoms with E-state index in [-0.39, 0.29) is 0 Å². The highest BCUT2D eigenvalue weighted by Gasteiger charge is 2.39. The van der Waals surface area contributed by atoms with Crippen LogP contribution in [0.2, 0.25) is 0 Å². The average Bonchev–Trinajstić information content (AvgIpc) is 2.60. The molecule has 4 heterocycles. The molecule has 2 bridgehead atoms.